The summed E-state index contributed by atoms with van der Waals surface area (Å²) in [6.45, 7) is 14.8. The first-order valence-electron chi connectivity index (χ1n) is 16.1. The van der Waals surface area contributed by atoms with Gasteiger partial charge in [0, 0.05) is 66.9 Å². The lowest BCUT2D eigenvalue weighted by molar-refractivity contribution is -0.128. The number of anilines is 3. The molecular formula is C34H42FN9O. The SMILES string of the molecule is C=CC(=O)N1C[C@H](C)N(c2nc(NC3CCN(C4CC4)CC3)nc3c(F)c(-c4c(C)ccc5[nH]nc(N)c45)c(C)cc23)C[C@H]1C. The van der Waals surface area contributed by atoms with E-state index in [-0.39, 0.29) is 29.5 Å². The maximum Gasteiger partial charge on any atom is 0.246 e. The van der Waals surface area contributed by atoms with Gasteiger partial charge in [0.05, 0.1) is 10.9 Å². The summed E-state index contributed by atoms with van der Waals surface area (Å²) >= 11 is 0. The Labute approximate surface area is 262 Å². The number of amides is 1. The third kappa shape index (κ3) is 5.16. The van der Waals surface area contributed by atoms with Crippen LogP contribution in [-0.2, 0) is 4.79 Å². The molecule has 3 aliphatic rings. The molecule has 1 amide bonds. The van der Waals surface area contributed by atoms with Crippen molar-refractivity contribution < 1.29 is 9.18 Å². The minimum atomic E-state index is -0.405. The van der Waals surface area contributed by atoms with Gasteiger partial charge in [0.15, 0.2) is 11.6 Å². The van der Waals surface area contributed by atoms with Crippen LogP contribution < -0.4 is 16.0 Å². The molecule has 4 aromatic rings. The lowest BCUT2D eigenvalue weighted by Gasteiger charge is -2.44. The zero-order chi connectivity index (χ0) is 31.6. The lowest BCUT2D eigenvalue weighted by atomic mass is 9.91. The fraction of sp³-hybridized carbons (Fsp3) is 0.471. The lowest BCUT2D eigenvalue weighted by Crippen LogP contribution is -2.58. The quantitative estimate of drug-likeness (QED) is 0.256. The number of likely N-dealkylation sites (tertiary alicyclic amines) is 1. The number of aromatic amines is 1. The van der Waals surface area contributed by atoms with Crippen LogP contribution in [0.15, 0.2) is 30.9 Å². The van der Waals surface area contributed by atoms with Gasteiger partial charge < -0.3 is 25.8 Å². The molecule has 4 N–H and O–H groups in total. The number of halogens is 1. The van der Waals surface area contributed by atoms with Crippen molar-refractivity contribution in [1.82, 2.24) is 30.0 Å². The first kappa shape index (κ1) is 29.5. The van der Waals surface area contributed by atoms with E-state index in [4.69, 9.17) is 15.7 Å². The van der Waals surface area contributed by atoms with Crippen LogP contribution in [0.4, 0.5) is 22.0 Å². The van der Waals surface area contributed by atoms with Gasteiger partial charge >= 0.3 is 0 Å². The minimum absolute atomic E-state index is 0.0532. The molecule has 10 nitrogen and oxygen atoms in total. The van der Waals surface area contributed by atoms with Crippen molar-refractivity contribution in [1.29, 1.82) is 0 Å². The Morgan fingerprint density at radius 3 is 2.53 bits per heavy atom. The molecule has 2 aromatic heterocycles. The average Bonchev–Trinajstić information content (AvgIpc) is 3.81. The molecule has 1 saturated carbocycles. The van der Waals surface area contributed by atoms with Crippen LogP contribution in [0, 0.1) is 19.7 Å². The first-order chi connectivity index (χ1) is 21.6. The molecule has 1 aliphatic carbocycles. The number of nitrogens with zero attached hydrogens (tertiary/aromatic N) is 6. The van der Waals surface area contributed by atoms with Gasteiger partial charge in [-0.2, -0.15) is 10.1 Å². The molecule has 236 valence electrons. The Bertz CT molecular complexity index is 1810. The number of benzene rings is 2. The highest BCUT2D eigenvalue weighted by atomic mass is 19.1. The number of nitrogen functional groups attached to an aromatic ring is 1. The molecule has 3 fully saturated rings. The van der Waals surface area contributed by atoms with Crippen molar-refractivity contribution in [2.75, 3.05) is 42.1 Å². The molecule has 0 radical (unpaired) electrons. The average molecular weight is 612 g/mol. The number of carbonyl (C=O) groups is 1. The molecule has 0 bridgehead atoms. The summed E-state index contributed by atoms with van der Waals surface area (Å²) < 4.78 is 17.1. The Morgan fingerprint density at radius 1 is 1.07 bits per heavy atom. The Balaban J connectivity index is 1.35. The van der Waals surface area contributed by atoms with E-state index in [1.807, 2.05) is 43.9 Å². The molecule has 11 heteroatoms. The number of hydrogen-bond donors (Lipinski definition) is 3. The largest absolute Gasteiger partial charge is 0.382 e. The van der Waals surface area contributed by atoms with Gasteiger partial charge in [-0.15, -0.1) is 0 Å². The van der Waals surface area contributed by atoms with E-state index in [0.29, 0.717) is 47.0 Å². The number of H-pyrrole nitrogens is 1. The second kappa shape index (κ2) is 11.3. The third-order valence-electron chi connectivity index (χ3n) is 9.97. The standard InChI is InChI=1S/C34H42FN9O/c1-6-26(45)43-16-21(5)44(17-20(43)4)33-24-15-19(3)28(27-18(2)7-10-25-29(27)32(36)41-40-25)30(35)31(24)38-34(39-33)37-22-11-13-42(14-12-22)23-8-9-23/h6-7,10,15,20-23H,1,8-9,11-14,16-17H2,2-5H3,(H3,36,40,41)(H,37,38,39)/t20-,21+/m1/s1. The van der Waals surface area contributed by atoms with E-state index in [1.165, 1.54) is 18.9 Å². The fourth-order valence-electron chi connectivity index (χ4n) is 7.37. The summed E-state index contributed by atoms with van der Waals surface area (Å²) in [5.74, 6) is 0.946. The number of aryl methyl sites for hydroxylation is 2. The van der Waals surface area contributed by atoms with Crippen molar-refractivity contribution in [3.8, 4) is 11.1 Å². The van der Waals surface area contributed by atoms with E-state index in [1.54, 1.807) is 0 Å². The third-order valence-corrected chi connectivity index (χ3v) is 9.97. The smallest absolute Gasteiger partial charge is 0.246 e. The van der Waals surface area contributed by atoms with E-state index in [0.717, 1.165) is 54.2 Å². The van der Waals surface area contributed by atoms with Crippen LogP contribution in [0.2, 0.25) is 0 Å². The van der Waals surface area contributed by atoms with Crippen LogP contribution in [0.3, 0.4) is 0 Å². The van der Waals surface area contributed by atoms with Gasteiger partial charge in [-0.05, 0) is 82.7 Å². The van der Waals surface area contributed by atoms with Crippen molar-refractivity contribution in [3.63, 3.8) is 0 Å². The number of nitrogens with one attached hydrogen (secondary N) is 2. The van der Waals surface area contributed by atoms with Crippen LogP contribution in [0.1, 0.15) is 50.7 Å². The van der Waals surface area contributed by atoms with Crippen LogP contribution in [0.5, 0.6) is 0 Å². The molecule has 2 atom stereocenters. The second-order valence-corrected chi connectivity index (χ2v) is 13.2. The van der Waals surface area contributed by atoms with E-state index < -0.39 is 5.82 Å². The van der Waals surface area contributed by atoms with Gasteiger partial charge in [0.1, 0.15) is 11.3 Å². The van der Waals surface area contributed by atoms with Crippen LogP contribution in [0.25, 0.3) is 32.9 Å². The Morgan fingerprint density at radius 2 is 1.82 bits per heavy atom. The summed E-state index contributed by atoms with van der Waals surface area (Å²) in [7, 11) is 0. The maximum atomic E-state index is 17.1. The molecule has 2 saturated heterocycles. The van der Waals surface area contributed by atoms with Crippen molar-refractivity contribution in [2.45, 2.75) is 77.5 Å². The molecule has 2 aromatic carbocycles. The summed E-state index contributed by atoms with van der Waals surface area (Å²) in [5.41, 5.74) is 10.2. The summed E-state index contributed by atoms with van der Waals surface area (Å²) in [6, 6.07) is 6.70. The molecule has 4 heterocycles. The summed E-state index contributed by atoms with van der Waals surface area (Å²) in [5, 5.41) is 12.1. The van der Waals surface area contributed by atoms with E-state index in [9.17, 15) is 4.79 Å². The number of nitrogens with two attached hydrogens (primary N) is 1. The van der Waals surface area contributed by atoms with Crippen molar-refractivity contribution in [3.05, 3.63) is 47.8 Å². The topological polar surface area (TPSA) is 119 Å². The number of rotatable bonds is 6. The molecular weight excluding hydrogens is 569 g/mol. The van der Waals surface area contributed by atoms with Gasteiger partial charge in [-0.25, -0.2) is 9.37 Å². The fourth-order valence-corrected chi connectivity index (χ4v) is 7.37. The summed E-state index contributed by atoms with van der Waals surface area (Å²) in [4.78, 5) is 29.2. The predicted octanol–water partition coefficient (Wildman–Crippen LogP) is 5.16. The molecule has 0 unspecified atom stereocenters. The number of carbonyl (C=O) groups excluding carboxylic acids is 1. The molecule has 2 aliphatic heterocycles. The van der Waals surface area contributed by atoms with Gasteiger partial charge in [-0.1, -0.05) is 12.6 Å². The minimum Gasteiger partial charge on any atom is -0.382 e. The molecule has 0 spiro atoms. The monoisotopic (exact) mass is 611 g/mol. The van der Waals surface area contributed by atoms with Crippen molar-refractivity contribution >= 4 is 45.3 Å². The van der Waals surface area contributed by atoms with Gasteiger partial charge in [-0.3, -0.25) is 9.89 Å². The predicted molar refractivity (Wildman–Crippen MR) is 178 cm³/mol. The highest BCUT2D eigenvalue weighted by Gasteiger charge is 2.35. The normalized spacial score (nSPS) is 21.5. The maximum absolute atomic E-state index is 17.1. The first-order valence-corrected chi connectivity index (χ1v) is 16.1. The molecule has 7 rings (SSSR count). The van der Waals surface area contributed by atoms with Gasteiger partial charge in [0.25, 0.3) is 0 Å². The number of aromatic nitrogens is 4. The van der Waals surface area contributed by atoms with Gasteiger partial charge in [0.2, 0.25) is 11.9 Å². The Hall–Kier alpha value is -4.25. The highest BCUT2D eigenvalue weighted by molar-refractivity contribution is 6.06. The van der Waals surface area contributed by atoms with E-state index >= 15 is 4.39 Å². The van der Waals surface area contributed by atoms with Crippen molar-refractivity contribution in [2.24, 2.45) is 0 Å². The second-order valence-electron chi connectivity index (χ2n) is 13.2. The number of hydrogen-bond acceptors (Lipinski definition) is 8. The van der Waals surface area contributed by atoms with Crippen LogP contribution in [-0.4, -0.2) is 86.2 Å². The Kier molecular flexibility index (Phi) is 7.38. The number of piperazine rings is 1. The molecule has 45 heavy (non-hydrogen) atoms. The number of piperidine rings is 1. The summed E-state index contributed by atoms with van der Waals surface area (Å²) in [6.07, 6.45) is 5.95. The van der Waals surface area contributed by atoms with Crippen LogP contribution >= 0.6 is 0 Å². The zero-order valence-corrected chi connectivity index (χ0v) is 26.5. The zero-order valence-electron chi connectivity index (χ0n) is 26.5. The van der Waals surface area contributed by atoms with E-state index in [2.05, 4.69) is 38.8 Å². The number of fused-ring (bicyclic) bond motifs is 2. The highest BCUT2D eigenvalue weighted by Crippen LogP contribution is 2.42.